The zero-order valence-corrected chi connectivity index (χ0v) is 13.3. The smallest absolute Gasteiger partial charge is 0.0969 e. The minimum atomic E-state index is -0.0397. The molecule has 3 heterocycles. The number of nitrogens with zero attached hydrogens (tertiary/aromatic N) is 1. The Labute approximate surface area is 126 Å². The number of fused-ring (bicyclic) bond motifs is 2. The quantitative estimate of drug-likeness (QED) is 0.775. The van der Waals surface area contributed by atoms with Crippen LogP contribution in [0.25, 0.3) is 0 Å². The maximum Gasteiger partial charge on any atom is 0.0969 e. The lowest BCUT2D eigenvalue weighted by molar-refractivity contribution is -0.109. The molecule has 1 saturated heterocycles. The average Bonchev–Trinajstić information content (AvgIpc) is 2.87. The second-order valence-electron chi connectivity index (χ2n) is 5.97. The maximum absolute atomic E-state index is 6.32. The number of likely N-dealkylation sites (tertiary alicyclic amines) is 1. The average molecular weight is 289 g/mol. The van der Waals surface area contributed by atoms with Crippen LogP contribution in [0.2, 0.25) is 0 Å². The number of aryl methyl sites for hydroxylation is 1. The minimum Gasteiger partial charge on any atom is -0.370 e. The Bertz CT molecular complexity index is 530. The van der Waals surface area contributed by atoms with E-state index >= 15 is 0 Å². The number of ether oxygens (including phenoxy) is 1. The molecule has 0 N–H and O–H groups in total. The highest BCUT2D eigenvalue weighted by atomic mass is 32.1. The fraction of sp³-hybridized carbons (Fsp3) is 0.647. The van der Waals surface area contributed by atoms with Crippen molar-refractivity contribution >= 4 is 11.3 Å². The summed E-state index contributed by atoms with van der Waals surface area (Å²) in [5.74, 6) is 2.78. The highest BCUT2D eigenvalue weighted by molar-refractivity contribution is 7.12. The summed E-state index contributed by atoms with van der Waals surface area (Å²) in [6.45, 7) is 7.19. The molecule has 0 unspecified atom stereocenters. The molecule has 3 rings (SSSR count). The van der Waals surface area contributed by atoms with Gasteiger partial charge in [0.05, 0.1) is 18.8 Å². The van der Waals surface area contributed by atoms with E-state index in [4.69, 9.17) is 11.2 Å². The standard InChI is InChI=1S/C17H23NOS/c1-4-8-18-9-7-17(12-13(18)3)15-11-14(5-2)20-16(15)6-10-19-17/h1,11,13H,5-10,12H2,2-3H3/t13-,17+/m1/s1. The number of hydrogen-bond donors (Lipinski definition) is 0. The number of rotatable bonds is 2. The van der Waals surface area contributed by atoms with Gasteiger partial charge in [-0.2, -0.15) is 0 Å². The summed E-state index contributed by atoms with van der Waals surface area (Å²) in [5, 5.41) is 0. The van der Waals surface area contributed by atoms with Crippen molar-refractivity contribution in [2.24, 2.45) is 0 Å². The zero-order chi connectivity index (χ0) is 14.2. The molecule has 0 aliphatic carbocycles. The molecule has 2 aliphatic heterocycles. The van der Waals surface area contributed by atoms with Crippen LogP contribution in [0.3, 0.4) is 0 Å². The van der Waals surface area contributed by atoms with E-state index in [9.17, 15) is 0 Å². The first-order valence-electron chi connectivity index (χ1n) is 7.62. The van der Waals surface area contributed by atoms with Crippen molar-refractivity contribution in [3.8, 4) is 12.3 Å². The molecule has 2 atom stereocenters. The van der Waals surface area contributed by atoms with Crippen molar-refractivity contribution in [3.05, 3.63) is 21.4 Å². The number of piperidine rings is 1. The topological polar surface area (TPSA) is 12.5 Å². The van der Waals surface area contributed by atoms with E-state index < -0.39 is 0 Å². The summed E-state index contributed by atoms with van der Waals surface area (Å²) < 4.78 is 6.32. The molecule has 1 aromatic rings. The summed E-state index contributed by atoms with van der Waals surface area (Å²) in [5.41, 5.74) is 1.44. The van der Waals surface area contributed by atoms with E-state index in [-0.39, 0.29) is 5.60 Å². The van der Waals surface area contributed by atoms with Crippen LogP contribution in [-0.4, -0.2) is 30.6 Å². The molecule has 108 valence electrons. The van der Waals surface area contributed by atoms with Crippen LogP contribution in [0, 0.1) is 12.3 Å². The first kappa shape index (κ1) is 14.1. The predicted molar refractivity (Wildman–Crippen MR) is 84.1 cm³/mol. The fourth-order valence-electron chi connectivity index (χ4n) is 3.63. The lowest BCUT2D eigenvalue weighted by Crippen LogP contribution is -2.50. The molecular formula is C17H23NOS. The van der Waals surface area contributed by atoms with Crippen LogP contribution in [0.4, 0.5) is 0 Å². The van der Waals surface area contributed by atoms with Gasteiger partial charge in [0.25, 0.3) is 0 Å². The Morgan fingerprint density at radius 2 is 2.45 bits per heavy atom. The third kappa shape index (κ3) is 2.30. The van der Waals surface area contributed by atoms with Crippen molar-refractivity contribution in [1.29, 1.82) is 0 Å². The minimum absolute atomic E-state index is 0.0397. The zero-order valence-electron chi connectivity index (χ0n) is 12.4. The summed E-state index contributed by atoms with van der Waals surface area (Å²) in [6.07, 6.45) is 9.83. The van der Waals surface area contributed by atoms with Gasteiger partial charge in [0, 0.05) is 28.8 Å². The first-order valence-corrected chi connectivity index (χ1v) is 8.43. The Balaban J connectivity index is 1.88. The Morgan fingerprint density at radius 1 is 1.60 bits per heavy atom. The lowest BCUT2D eigenvalue weighted by atomic mass is 9.79. The van der Waals surface area contributed by atoms with Crippen molar-refractivity contribution in [2.75, 3.05) is 19.7 Å². The molecular weight excluding hydrogens is 266 g/mol. The second-order valence-corrected chi connectivity index (χ2v) is 7.19. The van der Waals surface area contributed by atoms with E-state index in [1.807, 2.05) is 11.3 Å². The summed E-state index contributed by atoms with van der Waals surface area (Å²) in [7, 11) is 0. The molecule has 0 radical (unpaired) electrons. The van der Waals surface area contributed by atoms with Crippen molar-refractivity contribution in [2.45, 2.75) is 51.2 Å². The number of terminal acetylenes is 1. The van der Waals surface area contributed by atoms with Gasteiger partial charge < -0.3 is 4.74 Å². The molecule has 0 saturated carbocycles. The second kappa shape index (κ2) is 5.52. The van der Waals surface area contributed by atoms with Gasteiger partial charge in [-0.15, -0.1) is 17.8 Å². The summed E-state index contributed by atoms with van der Waals surface area (Å²) in [6, 6.07) is 2.90. The van der Waals surface area contributed by atoms with Crippen LogP contribution >= 0.6 is 11.3 Å². The molecule has 2 aliphatic rings. The molecule has 0 aromatic carbocycles. The maximum atomic E-state index is 6.32. The molecule has 0 bridgehead atoms. The molecule has 0 amide bonds. The van der Waals surface area contributed by atoms with Gasteiger partial charge in [0.2, 0.25) is 0 Å². The van der Waals surface area contributed by atoms with Gasteiger partial charge >= 0.3 is 0 Å². The molecule has 1 spiro atoms. The summed E-state index contributed by atoms with van der Waals surface area (Å²) in [4.78, 5) is 5.46. The Morgan fingerprint density at radius 3 is 3.15 bits per heavy atom. The largest absolute Gasteiger partial charge is 0.370 e. The van der Waals surface area contributed by atoms with E-state index in [2.05, 4.69) is 30.7 Å². The molecule has 1 fully saturated rings. The van der Waals surface area contributed by atoms with E-state index in [1.54, 1.807) is 4.88 Å². The van der Waals surface area contributed by atoms with Crippen LogP contribution in [0.15, 0.2) is 6.07 Å². The van der Waals surface area contributed by atoms with Gasteiger partial charge in [0.1, 0.15) is 0 Å². The van der Waals surface area contributed by atoms with Gasteiger partial charge in [0.15, 0.2) is 0 Å². The van der Waals surface area contributed by atoms with Crippen LogP contribution in [0.5, 0.6) is 0 Å². The van der Waals surface area contributed by atoms with Gasteiger partial charge in [-0.3, -0.25) is 4.90 Å². The van der Waals surface area contributed by atoms with E-state index in [0.29, 0.717) is 6.04 Å². The van der Waals surface area contributed by atoms with Crippen molar-refractivity contribution in [3.63, 3.8) is 0 Å². The number of hydrogen-bond acceptors (Lipinski definition) is 3. The van der Waals surface area contributed by atoms with Crippen LogP contribution in [-0.2, 0) is 23.2 Å². The van der Waals surface area contributed by atoms with Crippen LogP contribution < -0.4 is 0 Å². The monoisotopic (exact) mass is 289 g/mol. The predicted octanol–water partition coefficient (Wildman–Crippen LogP) is 3.20. The SMILES string of the molecule is C#CCN1CC[C@@]2(C[C@H]1C)OCCc1sc(CC)cc12. The third-order valence-electron chi connectivity index (χ3n) is 4.75. The molecule has 20 heavy (non-hydrogen) atoms. The van der Waals surface area contributed by atoms with Gasteiger partial charge in [-0.05, 0) is 37.8 Å². The Hall–Kier alpha value is -0.820. The van der Waals surface area contributed by atoms with Gasteiger partial charge in [-0.25, -0.2) is 0 Å². The molecule has 3 heteroatoms. The number of thiophene rings is 1. The van der Waals surface area contributed by atoms with E-state index in [1.165, 1.54) is 10.4 Å². The van der Waals surface area contributed by atoms with Crippen molar-refractivity contribution < 1.29 is 4.74 Å². The van der Waals surface area contributed by atoms with Gasteiger partial charge in [-0.1, -0.05) is 12.8 Å². The van der Waals surface area contributed by atoms with E-state index in [0.717, 1.165) is 45.4 Å². The molecule has 1 aromatic heterocycles. The first-order chi connectivity index (χ1) is 9.68. The normalized spacial score (nSPS) is 30.1. The lowest BCUT2D eigenvalue weighted by Gasteiger charge is -2.46. The summed E-state index contributed by atoms with van der Waals surface area (Å²) >= 11 is 1.99. The van der Waals surface area contributed by atoms with Crippen molar-refractivity contribution in [1.82, 2.24) is 4.90 Å². The Kier molecular flexibility index (Phi) is 3.90. The highest BCUT2D eigenvalue weighted by Gasteiger charge is 2.44. The fourth-order valence-corrected chi connectivity index (χ4v) is 4.81. The third-order valence-corrected chi connectivity index (χ3v) is 6.09. The van der Waals surface area contributed by atoms with Crippen LogP contribution in [0.1, 0.15) is 42.0 Å². The highest BCUT2D eigenvalue weighted by Crippen LogP contribution is 2.46. The molecule has 2 nitrogen and oxygen atoms in total.